The van der Waals surface area contributed by atoms with Crippen LogP contribution in [0, 0.1) is 0 Å². The van der Waals surface area contributed by atoms with Crippen LogP contribution in [0.5, 0.6) is 0 Å². The van der Waals surface area contributed by atoms with Gasteiger partial charge in [-0.15, -0.1) is 11.3 Å². The fourth-order valence-corrected chi connectivity index (χ4v) is 5.31. The fourth-order valence-electron chi connectivity index (χ4n) is 2.65. The Morgan fingerprint density at radius 2 is 2.30 bits per heavy atom. The molecule has 1 aliphatic heterocycles. The van der Waals surface area contributed by atoms with Crippen molar-refractivity contribution in [1.29, 1.82) is 0 Å². The van der Waals surface area contributed by atoms with Crippen molar-refractivity contribution < 1.29 is 8.42 Å². The van der Waals surface area contributed by atoms with Crippen molar-refractivity contribution in [2.75, 3.05) is 19.6 Å². The first kappa shape index (κ1) is 15.9. The summed E-state index contributed by atoms with van der Waals surface area (Å²) in [4.78, 5) is 1.33. The van der Waals surface area contributed by atoms with E-state index < -0.39 is 10.0 Å². The van der Waals surface area contributed by atoms with Crippen molar-refractivity contribution in [3.05, 3.63) is 21.9 Å². The monoisotopic (exact) mass is 316 g/mol. The Hall–Kier alpha value is -0.430. The van der Waals surface area contributed by atoms with Crippen LogP contribution in [-0.4, -0.2) is 37.6 Å². The second-order valence-electron chi connectivity index (χ2n) is 5.40. The Morgan fingerprint density at radius 1 is 1.55 bits per heavy atom. The molecule has 0 spiro atoms. The van der Waals surface area contributed by atoms with Crippen LogP contribution in [0.25, 0.3) is 0 Å². The van der Waals surface area contributed by atoms with Crippen LogP contribution >= 0.6 is 11.3 Å². The summed E-state index contributed by atoms with van der Waals surface area (Å²) in [7, 11) is -3.24. The second kappa shape index (κ2) is 6.56. The van der Waals surface area contributed by atoms with Crippen LogP contribution in [-0.2, 0) is 16.4 Å². The first-order valence-electron chi connectivity index (χ1n) is 7.26. The van der Waals surface area contributed by atoms with E-state index in [1.807, 2.05) is 6.92 Å². The maximum Gasteiger partial charge on any atom is 0.218 e. The van der Waals surface area contributed by atoms with Gasteiger partial charge in [0, 0.05) is 24.0 Å². The molecule has 1 N–H and O–H groups in total. The normalized spacial score (nSPS) is 21.6. The van der Waals surface area contributed by atoms with Gasteiger partial charge in [-0.3, -0.25) is 0 Å². The van der Waals surface area contributed by atoms with Crippen molar-refractivity contribution in [2.45, 2.75) is 44.9 Å². The molecule has 0 bridgehead atoms. The molecule has 0 saturated heterocycles. The highest BCUT2D eigenvalue weighted by molar-refractivity contribution is 7.89. The molecule has 2 rings (SSSR count). The summed E-state index contributed by atoms with van der Waals surface area (Å²) >= 11 is 1.73. The zero-order chi connectivity index (χ0) is 14.8. The molecular weight excluding hydrogens is 292 g/mol. The van der Waals surface area contributed by atoms with E-state index in [-0.39, 0.29) is 11.3 Å². The van der Waals surface area contributed by atoms with Crippen LogP contribution in [0.3, 0.4) is 0 Å². The van der Waals surface area contributed by atoms with Gasteiger partial charge >= 0.3 is 0 Å². The molecule has 4 nitrogen and oxygen atoms in total. The number of nitrogens with zero attached hydrogens (tertiary/aromatic N) is 1. The molecule has 1 aromatic rings. The third-order valence-electron chi connectivity index (χ3n) is 3.92. The first-order valence-corrected chi connectivity index (χ1v) is 9.64. The number of hydrogen-bond donors (Lipinski definition) is 1. The van der Waals surface area contributed by atoms with Crippen molar-refractivity contribution in [2.24, 2.45) is 0 Å². The van der Waals surface area contributed by atoms with Gasteiger partial charge in [0.2, 0.25) is 10.0 Å². The van der Waals surface area contributed by atoms with E-state index in [1.54, 1.807) is 22.6 Å². The minimum atomic E-state index is -3.24. The van der Waals surface area contributed by atoms with Gasteiger partial charge in [0.05, 0.1) is 5.25 Å². The van der Waals surface area contributed by atoms with E-state index in [4.69, 9.17) is 0 Å². The molecule has 2 heterocycles. The lowest BCUT2D eigenvalue weighted by Gasteiger charge is -2.34. The summed E-state index contributed by atoms with van der Waals surface area (Å²) in [6.45, 7) is 7.87. The Bertz CT molecular complexity index is 539. The van der Waals surface area contributed by atoms with E-state index in [0.29, 0.717) is 13.1 Å². The summed E-state index contributed by atoms with van der Waals surface area (Å²) < 4.78 is 27.1. The molecule has 0 aromatic carbocycles. The van der Waals surface area contributed by atoms with E-state index in [0.717, 1.165) is 19.4 Å². The van der Waals surface area contributed by atoms with E-state index in [9.17, 15) is 8.42 Å². The summed E-state index contributed by atoms with van der Waals surface area (Å²) in [5.74, 6) is 0. The van der Waals surface area contributed by atoms with Gasteiger partial charge in [0.15, 0.2) is 0 Å². The van der Waals surface area contributed by atoms with Gasteiger partial charge in [-0.05, 0) is 50.2 Å². The Morgan fingerprint density at radius 3 is 3.00 bits per heavy atom. The largest absolute Gasteiger partial charge is 0.315 e. The molecule has 1 aromatic heterocycles. The SMILES string of the molecule is CCCNCC(C)S(=O)(=O)N1CCc2sccc2C1C. The van der Waals surface area contributed by atoms with Crippen molar-refractivity contribution in [3.63, 3.8) is 0 Å². The van der Waals surface area contributed by atoms with Crippen molar-refractivity contribution in [1.82, 2.24) is 9.62 Å². The maximum atomic E-state index is 12.7. The Labute approximate surface area is 126 Å². The topological polar surface area (TPSA) is 49.4 Å². The summed E-state index contributed by atoms with van der Waals surface area (Å²) in [5.41, 5.74) is 1.18. The van der Waals surface area contributed by atoms with E-state index in [1.165, 1.54) is 10.4 Å². The quantitative estimate of drug-likeness (QED) is 0.820. The number of sulfonamides is 1. The highest BCUT2D eigenvalue weighted by Gasteiger charge is 2.36. The number of fused-ring (bicyclic) bond motifs is 1. The molecule has 20 heavy (non-hydrogen) atoms. The average molecular weight is 316 g/mol. The molecule has 0 amide bonds. The Kier molecular flexibility index (Phi) is 5.23. The molecule has 6 heteroatoms. The number of nitrogens with one attached hydrogen (secondary N) is 1. The lowest BCUT2D eigenvalue weighted by molar-refractivity contribution is 0.324. The van der Waals surface area contributed by atoms with Gasteiger partial charge in [0.1, 0.15) is 0 Å². The highest BCUT2D eigenvalue weighted by atomic mass is 32.2. The highest BCUT2D eigenvalue weighted by Crippen LogP contribution is 2.35. The number of hydrogen-bond acceptors (Lipinski definition) is 4. The molecule has 114 valence electrons. The fraction of sp³-hybridized carbons (Fsp3) is 0.714. The molecule has 0 fully saturated rings. The number of rotatable bonds is 6. The van der Waals surface area contributed by atoms with Gasteiger partial charge < -0.3 is 5.32 Å². The van der Waals surface area contributed by atoms with E-state index >= 15 is 0 Å². The molecule has 1 aliphatic rings. The zero-order valence-electron chi connectivity index (χ0n) is 12.4. The van der Waals surface area contributed by atoms with Gasteiger partial charge in [-0.2, -0.15) is 4.31 Å². The first-order chi connectivity index (χ1) is 9.48. The van der Waals surface area contributed by atoms with Crippen LogP contribution in [0.15, 0.2) is 11.4 Å². The minimum Gasteiger partial charge on any atom is -0.315 e. The van der Waals surface area contributed by atoms with Gasteiger partial charge in [-0.25, -0.2) is 8.42 Å². The summed E-state index contributed by atoms with van der Waals surface area (Å²) in [6.07, 6.45) is 1.86. The second-order valence-corrected chi connectivity index (χ2v) is 8.70. The van der Waals surface area contributed by atoms with E-state index in [2.05, 4.69) is 23.7 Å². The lowest BCUT2D eigenvalue weighted by atomic mass is 10.0. The minimum absolute atomic E-state index is 0.0383. The third-order valence-corrected chi connectivity index (χ3v) is 7.25. The molecule has 2 unspecified atom stereocenters. The maximum absolute atomic E-state index is 12.7. The zero-order valence-corrected chi connectivity index (χ0v) is 14.1. The van der Waals surface area contributed by atoms with Gasteiger partial charge in [0.25, 0.3) is 0 Å². The smallest absolute Gasteiger partial charge is 0.218 e. The summed E-state index contributed by atoms with van der Waals surface area (Å²) in [6, 6.07) is 2.02. The Balaban J connectivity index is 2.10. The van der Waals surface area contributed by atoms with Crippen LogP contribution in [0.1, 0.15) is 43.7 Å². The van der Waals surface area contributed by atoms with Crippen LogP contribution in [0.4, 0.5) is 0 Å². The summed E-state index contributed by atoms with van der Waals surface area (Å²) in [5, 5.41) is 4.89. The lowest BCUT2D eigenvalue weighted by Crippen LogP contribution is -2.45. The predicted octanol–water partition coefficient (Wildman–Crippen LogP) is 2.39. The molecular formula is C14H24N2O2S2. The molecule has 0 radical (unpaired) electrons. The van der Waals surface area contributed by atoms with Crippen molar-refractivity contribution >= 4 is 21.4 Å². The van der Waals surface area contributed by atoms with Crippen molar-refractivity contribution in [3.8, 4) is 0 Å². The van der Waals surface area contributed by atoms with Crippen LogP contribution in [0.2, 0.25) is 0 Å². The van der Waals surface area contributed by atoms with Crippen LogP contribution < -0.4 is 5.32 Å². The van der Waals surface area contributed by atoms with Gasteiger partial charge in [-0.1, -0.05) is 6.92 Å². The molecule has 2 atom stereocenters. The average Bonchev–Trinajstić information content (AvgIpc) is 2.88. The third kappa shape index (κ3) is 3.08. The number of thiophene rings is 1. The molecule has 0 aliphatic carbocycles. The predicted molar refractivity (Wildman–Crippen MR) is 84.7 cm³/mol. The standard InChI is InChI=1S/C14H24N2O2S2/c1-4-7-15-10-11(2)20(17,18)16-8-5-14-13(12(16)3)6-9-19-14/h6,9,11-12,15H,4-5,7-8,10H2,1-3H3. The molecule has 0 saturated carbocycles.